The van der Waals surface area contributed by atoms with E-state index in [0.717, 1.165) is 17.8 Å². The van der Waals surface area contributed by atoms with Gasteiger partial charge >= 0.3 is 0 Å². The smallest absolute Gasteiger partial charge is 0.250 e. The van der Waals surface area contributed by atoms with E-state index in [4.69, 9.17) is 4.43 Å². The van der Waals surface area contributed by atoms with Crippen molar-refractivity contribution in [1.82, 2.24) is 5.32 Å². The Morgan fingerprint density at radius 1 is 1.24 bits per heavy atom. The largest absolute Gasteiger partial charge is 0.547 e. The molecule has 1 saturated carbocycles. The fourth-order valence-corrected chi connectivity index (χ4v) is 4.95. The number of hydrogen-bond donors (Lipinski definition) is 1. The van der Waals surface area contributed by atoms with Gasteiger partial charge in [0.1, 0.15) is 0 Å². The molecule has 1 fully saturated rings. The minimum atomic E-state index is -1.68. The zero-order valence-corrected chi connectivity index (χ0v) is 16.1. The van der Waals surface area contributed by atoms with Gasteiger partial charge in [0.25, 0.3) is 0 Å². The van der Waals surface area contributed by atoms with Gasteiger partial charge in [-0.15, -0.1) is 0 Å². The van der Waals surface area contributed by atoms with Gasteiger partial charge in [-0.1, -0.05) is 27.7 Å². The van der Waals surface area contributed by atoms with Crippen LogP contribution in [0.2, 0.25) is 18.1 Å². The second kappa shape index (κ2) is 6.08. The topological polar surface area (TPSA) is 21.3 Å². The second-order valence-corrected chi connectivity index (χ2v) is 13.6. The zero-order chi connectivity index (χ0) is 15.8. The molecule has 0 radical (unpaired) electrons. The molecule has 2 rings (SSSR count). The summed E-state index contributed by atoms with van der Waals surface area (Å²) in [5.74, 6) is 3.77. The lowest BCUT2D eigenvalue weighted by Crippen LogP contribution is -2.46. The highest BCUT2D eigenvalue weighted by Gasteiger charge is 2.42. The molecule has 0 aromatic rings. The van der Waals surface area contributed by atoms with Crippen LogP contribution in [0, 0.1) is 17.8 Å². The molecule has 0 heterocycles. The fraction of sp³-hybridized carbons (Fsp3) is 0.889. The Morgan fingerprint density at radius 3 is 2.48 bits per heavy atom. The Hall–Kier alpha value is -0.283. The third-order valence-corrected chi connectivity index (χ3v) is 10.5. The Bertz CT molecular complexity index is 397. The third-order valence-electron chi connectivity index (χ3n) is 6.13. The zero-order valence-electron chi connectivity index (χ0n) is 15.1. The van der Waals surface area contributed by atoms with Crippen LogP contribution in [0.1, 0.15) is 53.4 Å². The van der Waals surface area contributed by atoms with Gasteiger partial charge in [0.2, 0.25) is 8.32 Å². The van der Waals surface area contributed by atoms with Crippen molar-refractivity contribution in [3.05, 3.63) is 11.8 Å². The van der Waals surface area contributed by atoms with Gasteiger partial charge in [0.15, 0.2) is 0 Å². The maximum absolute atomic E-state index is 6.58. The molecule has 1 N–H and O–H groups in total. The third kappa shape index (κ3) is 3.73. The van der Waals surface area contributed by atoms with Crippen LogP contribution in [0.5, 0.6) is 0 Å². The first-order chi connectivity index (χ1) is 9.64. The first kappa shape index (κ1) is 17.1. The molecule has 122 valence electrons. The molecule has 4 atom stereocenters. The quantitative estimate of drug-likeness (QED) is 0.746. The molecule has 0 aromatic carbocycles. The molecule has 0 saturated heterocycles. The number of rotatable bonds is 3. The summed E-state index contributed by atoms with van der Waals surface area (Å²) in [4.78, 5) is 0. The van der Waals surface area contributed by atoms with E-state index in [0.29, 0.717) is 6.04 Å². The molecule has 0 bridgehead atoms. The molecule has 0 aromatic heterocycles. The number of nitrogens with one attached hydrogen (secondary N) is 1. The SMILES string of the molecule is CN[C@H]1C[C@H](C)C[C@H]2CC(O[Si](C)(C)C(C)(C)C)=CC[C@H]21. The highest BCUT2D eigenvalue weighted by atomic mass is 28.4. The van der Waals surface area contributed by atoms with E-state index in [1.165, 1.54) is 31.4 Å². The monoisotopic (exact) mass is 309 g/mol. The van der Waals surface area contributed by atoms with Crippen LogP contribution in [0.3, 0.4) is 0 Å². The summed E-state index contributed by atoms with van der Waals surface area (Å²) >= 11 is 0. The molecule has 0 spiro atoms. The van der Waals surface area contributed by atoms with E-state index in [2.05, 4.69) is 59.2 Å². The van der Waals surface area contributed by atoms with Crippen molar-refractivity contribution in [3.8, 4) is 0 Å². The summed E-state index contributed by atoms with van der Waals surface area (Å²) in [6, 6.07) is 0.699. The van der Waals surface area contributed by atoms with Gasteiger partial charge in [-0.25, -0.2) is 0 Å². The van der Waals surface area contributed by atoms with Crippen LogP contribution in [-0.4, -0.2) is 21.4 Å². The van der Waals surface area contributed by atoms with Gasteiger partial charge in [-0.05, 0) is 68.3 Å². The number of fused-ring (bicyclic) bond motifs is 1. The molecule has 2 aliphatic rings. The van der Waals surface area contributed by atoms with E-state index in [1.807, 2.05) is 0 Å². The first-order valence-corrected chi connectivity index (χ1v) is 11.6. The minimum Gasteiger partial charge on any atom is -0.547 e. The Kier molecular flexibility index (Phi) is 4.94. The van der Waals surface area contributed by atoms with Crippen LogP contribution >= 0.6 is 0 Å². The van der Waals surface area contributed by atoms with E-state index < -0.39 is 8.32 Å². The molecule has 2 nitrogen and oxygen atoms in total. The summed E-state index contributed by atoms with van der Waals surface area (Å²) in [6.07, 6.45) is 7.49. The summed E-state index contributed by atoms with van der Waals surface area (Å²) < 4.78 is 6.58. The standard InChI is InChI=1S/C18H35NOSi/c1-13-10-14-12-15(20-21(6,7)18(2,3)4)8-9-16(14)17(11-13)19-5/h8,13-14,16-17,19H,9-12H2,1-7H3/t13-,14+,16-,17+/m1/s1. The van der Waals surface area contributed by atoms with Crippen molar-refractivity contribution in [1.29, 1.82) is 0 Å². The summed E-state index contributed by atoms with van der Waals surface area (Å²) in [7, 11) is 0.455. The predicted octanol–water partition coefficient (Wildman–Crippen LogP) is 4.94. The lowest BCUT2D eigenvalue weighted by Gasteiger charge is -2.45. The molecule has 0 amide bonds. The van der Waals surface area contributed by atoms with Gasteiger partial charge < -0.3 is 9.74 Å². The lowest BCUT2D eigenvalue weighted by molar-refractivity contribution is 0.121. The molecule has 3 heteroatoms. The Labute approximate surface area is 132 Å². The van der Waals surface area contributed by atoms with Crippen LogP contribution in [0.4, 0.5) is 0 Å². The fourth-order valence-electron chi connectivity index (χ4n) is 3.82. The summed E-state index contributed by atoms with van der Waals surface area (Å²) in [5, 5.41) is 3.85. The van der Waals surface area contributed by atoms with Crippen molar-refractivity contribution in [2.75, 3.05) is 7.05 Å². The maximum Gasteiger partial charge on any atom is 0.250 e. The van der Waals surface area contributed by atoms with Crippen molar-refractivity contribution >= 4 is 8.32 Å². The Balaban J connectivity index is 2.07. The van der Waals surface area contributed by atoms with Crippen molar-refractivity contribution in [2.45, 2.75) is 77.6 Å². The molecule has 0 unspecified atom stereocenters. The average molecular weight is 310 g/mol. The predicted molar refractivity (Wildman–Crippen MR) is 93.8 cm³/mol. The van der Waals surface area contributed by atoms with E-state index in [9.17, 15) is 0 Å². The summed E-state index contributed by atoms with van der Waals surface area (Å²) in [6.45, 7) is 14.1. The lowest BCUT2D eigenvalue weighted by atomic mass is 9.67. The second-order valence-electron chi connectivity index (χ2n) is 8.87. The van der Waals surface area contributed by atoms with Gasteiger partial charge in [-0.2, -0.15) is 0 Å². The van der Waals surface area contributed by atoms with Crippen molar-refractivity contribution in [3.63, 3.8) is 0 Å². The van der Waals surface area contributed by atoms with Crippen LogP contribution < -0.4 is 5.32 Å². The molecular weight excluding hydrogens is 274 g/mol. The van der Waals surface area contributed by atoms with Gasteiger partial charge in [-0.3, -0.25) is 0 Å². The minimum absolute atomic E-state index is 0.290. The Morgan fingerprint density at radius 2 is 1.90 bits per heavy atom. The van der Waals surface area contributed by atoms with Crippen molar-refractivity contribution < 1.29 is 4.43 Å². The van der Waals surface area contributed by atoms with Gasteiger partial charge in [0, 0.05) is 12.5 Å². The first-order valence-electron chi connectivity index (χ1n) is 8.69. The maximum atomic E-state index is 6.58. The van der Waals surface area contributed by atoms with Crippen LogP contribution in [0.25, 0.3) is 0 Å². The molecular formula is C18H35NOSi. The van der Waals surface area contributed by atoms with E-state index >= 15 is 0 Å². The highest BCUT2D eigenvalue weighted by molar-refractivity contribution is 6.74. The van der Waals surface area contributed by atoms with E-state index in [1.54, 1.807) is 0 Å². The normalized spacial score (nSPS) is 34.1. The van der Waals surface area contributed by atoms with E-state index in [-0.39, 0.29) is 5.04 Å². The highest BCUT2D eigenvalue weighted by Crippen LogP contribution is 2.45. The average Bonchev–Trinajstić information content (AvgIpc) is 2.35. The van der Waals surface area contributed by atoms with Crippen LogP contribution in [-0.2, 0) is 4.43 Å². The molecule has 21 heavy (non-hydrogen) atoms. The van der Waals surface area contributed by atoms with Crippen LogP contribution in [0.15, 0.2) is 11.8 Å². The molecule has 0 aliphatic heterocycles. The molecule has 2 aliphatic carbocycles. The van der Waals surface area contributed by atoms with Crippen molar-refractivity contribution in [2.24, 2.45) is 17.8 Å². The number of allylic oxidation sites excluding steroid dienone is 2. The van der Waals surface area contributed by atoms with Gasteiger partial charge in [0.05, 0.1) is 5.76 Å². The number of hydrogen-bond acceptors (Lipinski definition) is 2. The summed E-state index contributed by atoms with van der Waals surface area (Å²) in [5.41, 5.74) is 0.